The first kappa shape index (κ1) is 19.9. The number of likely N-dealkylation sites (tertiary alicyclic amines) is 1. The van der Waals surface area contributed by atoms with Gasteiger partial charge < -0.3 is 9.64 Å². The number of rotatable bonds is 4. The Bertz CT molecular complexity index is 982. The topological polar surface area (TPSA) is 89.5 Å². The molecule has 4 saturated carbocycles. The maximum Gasteiger partial charge on any atom is 0.316 e. The van der Waals surface area contributed by atoms with Crippen LogP contribution in [0.1, 0.15) is 50.6 Å². The molecule has 2 saturated heterocycles. The second-order valence-corrected chi connectivity index (χ2v) is 13.5. The van der Waals surface area contributed by atoms with E-state index in [9.17, 15) is 13.2 Å². The maximum atomic E-state index is 13.6. The van der Waals surface area contributed by atoms with E-state index in [0.717, 1.165) is 25.0 Å². The number of amides is 1. The number of carbonyl (C=O) groups excluding carboxylic acids is 1. The lowest BCUT2D eigenvalue weighted by molar-refractivity contribution is -0.164. The Hall–Kier alpha value is -1.70. The van der Waals surface area contributed by atoms with E-state index >= 15 is 0 Å². The third-order valence-electron chi connectivity index (χ3n) is 8.98. The Labute approximate surface area is 183 Å². The fourth-order valence-electron chi connectivity index (χ4n) is 7.83. The molecule has 0 N–H and O–H groups in total. The zero-order valence-corrected chi connectivity index (χ0v) is 18.9. The molecule has 7 rings (SSSR count). The smallest absolute Gasteiger partial charge is 0.316 e. The molecule has 3 heterocycles. The molecule has 6 aliphatic rings. The number of hydrogen-bond donors (Lipinski definition) is 0. The largest absolute Gasteiger partial charge is 0.463 e. The van der Waals surface area contributed by atoms with Gasteiger partial charge in [-0.05, 0) is 75.7 Å². The molecule has 4 bridgehead atoms. The minimum Gasteiger partial charge on any atom is -0.463 e. The number of hydrogen-bond acceptors (Lipinski definition) is 6. The molecule has 1 aromatic rings. The first-order valence-electron chi connectivity index (χ1n) is 11.7. The predicted molar refractivity (Wildman–Crippen MR) is 114 cm³/mol. The molecule has 4 aliphatic carbocycles. The fraction of sp³-hybridized carbons (Fsp3) is 0.783. The summed E-state index contributed by atoms with van der Waals surface area (Å²) in [5.74, 6) is 2.40. The van der Waals surface area contributed by atoms with E-state index in [1.165, 1.54) is 19.3 Å². The predicted octanol–water partition coefficient (Wildman–Crippen LogP) is 2.40. The summed E-state index contributed by atoms with van der Waals surface area (Å²) >= 11 is 0. The third-order valence-corrected chi connectivity index (χ3v) is 11.6. The van der Waals surface area contributed by atoms with Gasteiger partial charge in [0, 0.05) is 30.9 Å². The quantitative estimate of drug-likeness (QED) is 0.707. The normalized spacial score (nSPS) is 38.9. The van der Waals surface area contributed by atoms with Crippen molar-refractivity contribution in [1.29, 1.82) is 0 Å². The van der Waals surface area contributed by atoms with Crippen molar-refractivity contribution in [2.24, 2.45) is 29.1 Å². The van der Waals surface area contributed by atoms with Gasteiger partial charge in [0.05, 0.1) is 17.8 Å². The van der Waals surface area contributed by atoms with Crippen LogP contribution in [0, 0.1) is 36.0 Å². The van der Waals surface area contributed by atoms with Crippen LogP contribution >= 0.6 is 0 Å². The van der Waals surface area contributed by atoms with Gasteiger partial charge in [-0.2, -0.15) is 0 Å². The first-order valence-corrected chi connectivity index (χ1v) is 13.4. The second kappa shape index (κ2) is 6.65. The van der Waals surface area contributed by atoms with Crippen LogP contribution in [0.15, 0.2) is 12.3 Å². The Kier molecular flexibility index (Phi) is 4.28. The highest BCUT2D eigenvalue weighted by molar-refractivity contribution is 7.93. The van der Waals surface area contributed by atoms with Crippen molar-refractivity contribution in [3.63, 3.8) is 0 Å². The minimum atomic E-state index is -3.25. The van der Waals surface area contributed by atoms with E-state index in [1.807, 2.05) is 11.8 Å². The van der Waals surface area contributed by atoms with Crippen LogP contribution in [0.2, 0.25) is 0 Å². The summed E-state index contributed by atoms with van der Waals surface area (Å²) in [6, 6.07) is 2.09. The summed E-state index contributed by atoms with van der Waals surface area (Å²) in [5, 5.41) is 0. The first-order chi connectivity index (χ1) is 14.8. The van der Waals surface area contributed by atoms with Crippen molar-refractivity contribution < 1.29 is 17.9 Å². The number of aromatic nitrogens is 2. The Morgan fingerprint density at radius 2 is 1.81 bits per heavy atom. The molecule has 1 atom stereocenters. The SMILES string of the molecule is Cc1ccnc(OCC2CCS(=O)(=O)C23CN(C(=O)C24CC5CC(CC(C5)C2)C4)C3)n1. The summed E-state index contributed by atoms with van der Waals surface area (Å²) in [4.78, 5) is 23.9. The lowest BCUT2D eigenvalue weighted by Gasteiger charge is -2.59. The van der Waals surface area contributed by atoms with E-state index in [0.29, 0.717) is 43.3 Å². The standard InChI is InChI=1S/C23H31N3O4S/c1-15-2-4-24-21(25-15)30-12-19-3-5-31(28,29)23(19)13-26(14-23)20(27)22-9-16-6-17(10-22)8-18(7-16)11-22/h2,4,16-19H,3,5-14H2,1H3. The summed E-state index contributed by atoms with van der Waals surface area (Å²) in [7, 11) is -3.25. The number of sulfone groups is 1. The van der Waals surface area contributed by atoms with Crippen LogP contribution in [0.3, 0.4) is 0 Å². The van der Waals surface area contributed by atoms with Crippen molar-refractivity contribution in [3.8, 4) is 6.01 Å². The Morgan fingerprint density at radius 3 is 2.42 bits per heavy atom. The fourth-order valence-corrected chi connectivity index (χ4v) is 10.2. The molecule has 1 spiro atoms. The van der Waals surface area contributed by atoms with E-state index in [4.69, 9.17) is 4.74 Å². The monoisotopic (exact) mass is 445 g/mol. The van der Waals surface area contributed by atoms with Gasteiger partial charge in [0.2, 0.25) is 5.91 Å². The van der Waals surface area contributed by atoms with Gasteiger partial charge in [0.25, 0.3) is 0 Å². The van der Waals surface area contributed by atoms with Crippen molar-refractivity contribution in [2.75, 3.05) is 25.4 Å². The molecular weight excluding hydrogens is 414 g/mol. The molecule has 6 fully saturated rings. The molecule has 168 valence electrons. The van der Waals surface area contributed by atoms with Crippen LogP contribution in [0.4, 0.5) is 0 Å². The van der Waals surface area contributed by atoms with Crippen LogP contribution in [-0.2, 0) is 14.6 Å². The molecule has 7 nitrogen and oxygen atoms in total. The van der Waals surface area contributed by atoms with E-state index < -0.39 is 14.6 Å². The summed E-state index contributed by atoms with van der Waals surface area (Å²) in [5.41, 5.74) is 0.606. The number of carbonyl (C=O) groups is 1. The van der Waals surface area contributed by atoms with Gasteiger partial charge in [-0.25, -0.2) is 18.4 Å². The van der Waals surface area contributed by atoms with E-state index in [-0.39, 0.29) is 29.6 Å². The van der Waals surface area contributed by atoms with E-state index in [2.05, 4.69) is 9.97 Å². The lowest BCUT2D eigenvalue weighted by atomic mass is 9.49. The summed E-state index contributed by atoms with van der Waals surface area (Å²) < 4.78 is 31.0. The van der Waals surface area contributed by atoms with Crippen LogP contribution in [0.25, 0.3) is 0 Å². The summed E-state index contributed by atoms with van der Waals surface area (Å²) in [6.45, 7) is 2.81. The molecular formula is C23H31N3O4S. The molecule has 0 aromatic carbocycles. The van der Waals surface area contributed by atoms with Gasteiger partial charge in [-0.3, -0.25) is 4.79 Å². The number of nitrogens with zero attached hydrogens (tertiary/aromatic N) is 3. The van der Waals surface area contributed by atoms with Gasteiger partial charge >= 0.3 is 6.01 Å². The number of ether oxygens (including phenoxy) is 1. The van der Waals surface area contributed by atoms with Crippen LogP contribution < -0.4 is 4.74 Å². The highest BCUT2D eigenvalue weighted by Gasteiger charge is 2.65. The molecule has 1 unspecified atom stereocenters. The molecule has 31 heavy (non-hydrogen) atoms. The van der Waals surface area contributed by atoms with Crippen molar-refractivity contribution in [3.05, 3.63) is 18.0 Å². The molecule has 1 aromatic heterocycles. The average Bonchev–Trinajstić information content (AvgIpc) is 2.94. The van der Waals surface area contributed by atoms with Crippen LogP contribution in [-0.4, -0.2) is 59.4 Å². The second-order valence-electron chi connectivity index (χ2n) is 11.0. The van der Waals surface area contributed by atoms with Gasteiger partial charge in [-0.15, -0.1) is 0 Å². The van der Waals surface area contributed by atoms with Crippen molar-refractivity contribution >= 4 is 15.7 Å². The molecule has 8 heteroatoms. The third kappa shape index (κ3) is 2.96. The summed E-state index contributed by atoms with van der Waals surface area (Å²) in [6.07, 6.45) is 9.17. The maximum absolute atomic E-state index is 13.6. The van der Waals surface area contributed by atoms with Crippen LogP contribution in [0.5, 0.6) is 6.01 Å². The minimum absolute atomic E-state index is 0.123. The van der Waals surface area contributed by atoms with Gasteiger partial charge in [-0.1, -0.05) is 0 Å². The van der Waals surface area contributed by atoms with Gasteiger partial charge in [0.1, 0.15) is 4.75 Å². The van der Waals surface area contributed by atoms with Crippen molar-refractivity contribution in [1.82, 2.24) is 14.9 Å². The van der Waals surface area contributed by atoms with E-state index in [1.54, 1.807) is 12.3 Å². The lowest BCUT2D eigenvalue weighted by Crippen LogP contribution is -2.71. The molecule has 2 aliphatic heterocycles. The highest BCUT2D eigenvalue weighted by Crippen LogP contribution is 2.61. The molecule has 1 amide bonds. The zero-order valence-electron chi connectivity index (χ0n) is 18.1. The zero-order chi connectivity index (χ0) is 21.4. The Balaban J connectivity index is 1.17. The molecule has 0 radical (unpaired) electrons. The van der Waals surface area contributed by atoms with Crippen molar-refractivity contribution in [2.45, 2.75) is 56.6 Å². The highest BCUT2D eigenvalue weighted by atomic mass is 32.2. The average molecular weight is 446 g/mol. The number of aryl methyl sites for hydroxylation is 1. The van der Waals surface area contributed by atoms with Gasteiger partial charge in [0.15, 0.2) is 9.84 Å². The Morgan fingerprint density at radius 1 is 1.16 bits per heavy atom.